The van der Waals surface area contributed by atoms with Crippen LogP contribution < -0.4 is 0 Å². The minimum absolute atomic E-state index is 0.373. The Bertz CT molecular complexity index is 3300. The maximum Gasteiger partial charge on any atom is 0.416 e. The zero-order valence-electron chi connectivity index (χ0n) is 33.2. The lowest BCUT2D eigenvalue weighted by molar-refractivity contribution is -0.137. The molecule has 0 bridgehead atoms. The van der Waals surface area contributed by atoms with Crippen molar-refractivity contribution in [3.05, 3.63) is 205 Å². The summed E-state index contributed by atoms with van der Waals surface area (Å²) >= 11 is 0. The fraction of sp³-hybridized carbons (Fsp3) is 0.0185. The fourth-order valence-electron chi connectivity index (χ4n) is 8.07. The first-order valence-electron chi connectivity index (χ1n) is 20.0. The van der Waals surface area contributed by atoms with E-state index in [1.54, 1.807) is 24.3 Å². The van der Waals surface area contributed by atoms with Gasteiger partial charge < -0.3 is 4.57 Å². The van der Waals surface area contributed by atoms with Crippen LogP contribution in [0.2, 0.25) is 0 Å². The van der Waals surface area contributed by atoms with Gasteiger partial charge in [0.05, 0.1) is 45.5 Å². The normalized spacial score (nSPS) is 11.4. The Labute approximate surface area is 360 Å². The first-order chi connectivity index (χ1) is 30.7. The molecule has 9 heteroatoms. The number of halogens is 3. The molecular weight excluding hydrogens is 790 g/mol. The molecule has 6 nitrogen and oxygen atoms in total. The minimum Gasteiger partial charge on any atom is -0.308 e. The summed E-state index contributed by atoms with van der Waals surface area (Å²) in [7, 11) is 0. The first-order valence-corrected chi connectivity index (χ1v) is 20.0. The van der Waals surface area contributed by atoms with Gasteiger partial charge in [0.2, 0.25) is 0 Å². The number of benzene rings is 8. The first kappa shape index (κ1) is 38.5. The Hall–Kier alpha value is -8.66. The average molecular weight is 821 g/mol. The average Bonchev–Trinajstić information content (AvgIpc) is 3.67. The minimum atomic E-state index is -4.53. The number of hydrogen-bond donors (Lipinski definition) is 0. The second-order valence-electron chi connectivity index (χ2n) is 15.0. The molecule has 0 radical (unpaired) electrons. The van der Waals surface area contributed by atoms with E-state index in [9.17, 15) is 23.7 Å². The molecule has 2 heterocycles. The topological polar surface area (TPSA) is 91.2 Å². The Kier molecular flexibility index (Phi) is 9.63. The van der Waals surface area contributed by atoms with E-state index in [0.717, 1.165) is 67.3 Å². The van der Waals surface area contributed by atoms with Crippen LogP contribution in [0.3, 0.4) is 0 Å². The van der Waals surface area contributed by atoms with Gasteiger partial charge in [-0.15, -0.1) is 0 Å². The largest absolute Gasteiger partial charge is 0.416 e. The number of alkyl halides is 3. The Morgan fingerprint density at radius 3 is 1.33 bits per heavy atom. The predicted molar refractivity (Wildman–Crippen MR) is 241 cm³/mol. The SMILES string of the molecule is N#Cc1cccc(-c2ccc3c(c2)c2cc(-c4cccc(C#N)c4)ccc2n3-c2cc(-c3cccc(C(F)(F)F)c3)ccc2-c2nc(-c3ccccc3)nc(-c3ccccc3)n2)c1. The third-order valence-electron chi connectivity index (χ3n) is 11.1. The summed E-state index contributed by atoms with van der Waals surface area (Å²) in [6.07, 6.45) is -4.53. The second kappa shape index (κ2) is 15.7. The van der Waals surface area contributed by atoms with E-state index < -0.39 is 11.7 Å². The van der Waals surface area contributed by atoms with Crippen molar-refractivity contribution < 1.29 is 13.2 Å². The Morgan fingerprint density at radius 1 is 0.397 bits per heavy atom. The molecule has 0 atom stereocenters. The van der Waals surface area contributed by atoms with Crippen LogP contribution >= 0.6 is 0 Å². The number of aromatic nitrogens is 4. The monoisotopic (exact) mass is 820 g/mol. The molecule has 0 N–H and O–H groups in total. The van der Waals surface area contributed by atoms with Crippen LogP contribution in [0.4, 0.5) is 13.2 Å². The van der Waals surface area contributed by atoms with Gasteiger partial charge in [-0.25, -0.2) is 15.0 Å². The van der Waals surface area contributed by atoms with Crippen molar-refractivity contribution in [2.45, 2.75) is 6.18 Å². The lowest BCUT2D eigenvalue weighted by atomic mass is 9.99. The van der Waals surface area contributed by atoms with Crippen molar-refractivity contribution in [3.63, 3.8) is 0 Å². The molecule has 0 unspecified atom stereocenters. The number of nitrogens with zero attached hydrogens (tertiary/aromatic N) is 6. The van der Waals surface area contributed by atoms with Gasteiger partial charge in [0.15, 0.2) is 17.5 Å². The van der Waals surface area contributed by atoms with Crippen molar-refractivity contribution in [1.82, 2.24) is 19.5 Å². The second-order valence-corrected chi connectivity index (χ2v) is 15.0. The summed E-state index contributed by atoms with van der Waals surface area (Å²) in [5.74, 6) is 1.30. The summed E-state index contributed by atoms with van der Waals surface area (Å²) in [4.78, 5) is 15.1. The zero-order chi connectivity index (χ0) is 43.1. The van der Waals surface area contributed by atoms with Gasteiger partial charge >= 0.3 is 6.18 Å². The quantitative estimate of drug-likeness (QED) is 0.160. The fourth-order valence-corrected chi connectivity index (χ4v) is 8.07. The highest BCUT2D eigenvalue weighted by atomic mass is 19.4. The van der Waals surface area contributed by atoms with Crippen molar-refractivity contribution >= 4 is 21.8 Å². The van der Waals surface area contributed by atoms with E-state index in [1.807, 2.05) is 133 Å². The molecule has 10 aromatic rings. The maximum absolute atomic E-state index is 14.1. The van der Waals surface area contributed by atoms with Crippen LogP contribution in [-0.4, -0.2) is 19.5 Å². The van der Waals surface area contributed by atoms with Crippen molar-refractivity contribution in [2.24, 2.45) is 0 Å². The lowest BCUT2D eigenvalue weighted by Crippen LogP contribution is -2.05. The smallest absolute Gasteiger partial charge is 0.308 e. The van der Waals surface area contributed by atoms with Crippen LogP contribution in [0.1, 0.15) is 16.7 Å². The molecular formula is C54H31F3N6. The van der Waals surface area contributed by atoms with Crippen molar-refractivity contribution in [3.8, 4) is 85.4 Å². The van der Waals surface area contributed by atoms with E-state index in [0.29, 0.717) is 51.0 Å². The molecule has 0 spiro atoms. The number of rotatable bonds is 7. The molecule has 0 aliphatic carbocycles. The van der Waals surface area contributed by atoms with Gasteiger partial charge in [-0.3, -0.25) is 0 Å². The van der Waals surface area contributed by atoms with E-state index in [2.05, 4.69) is 28.8 Å². The summed E-state index contributed by atoms with van der Waals surface area (Å²) in [6.45, 7) is 0. The Balaban J connectivity index is 1.28. The van der Waals surface area contributed by atoms with Crippen LogP contribution in [0, 0.1) is 22.7 Å². The molecule has 10 rings (SSSR count). The van der Waals surface area contributed by atoms with Gasteiger partial charge in [0.1, 0.15) is 0 Å². The zero-order valence-corrected chi connectivity index (χ0v) is 33.2. The summed E-state index contributed by atoms with van der Waals surface area (Å²) in [6, 6.07) is 61.8. The van der Waals surface area contributed by atoms with Crippen LogP contribution in [-0.2, 0) is 6.18 Å². The van der Waals surface area contributed by atoms with E-state index in [-0.39, 0.29) is 0 Å². The Morgan fingerprint density at radius 2 is 0.825 bits per heavy atom. The van der Waals surface area contributed by atoms with E-state index in [4.69, 9.17) is 15.0 Å². The van der Waals surface area contributed by atoms with Gasteiger partial charge in [-0.2, -0.15) is 23.7 Å². The molecule has 0 amide bonds. The molecule has 63 heavy (non-hydrogen) atoms. The lowest BCUT2D eigenvalue weighted by Gasteiger charge is -2.17. The molecule has 0 saturated heterocycles. The highest BCUT2D eigenvalue weighted by Gasteiger charge is 2.30. The number of nitriles is 2. The van der Waals surface area contributed by atoms with Gasteiger partial charge in [0, 0.05) is 27.5 Å². The van der Waals surface area contributed by atoms with Crippen LogP contribution in [0.25, 0.3) is 95.0 Å². The highest BCUT2D eigenvalue weighted by Crippen LogP contribution is 2.42. The van der Waals surface area contributed by atoms with E-state index in [1.165, 1.54) is 6.07 Å². The molecule has 0 fully saturated rings. The molecule has 8 aromatic carbocycles. The summed E-state index contributed by atoms with van der Waals surface area (Å²) in [5.41, 5.74) is 9.27. The number of hydrogen-bond acceptors (Lipinski definition) is 5. The molecule has 0 saturated carbocycles. The van der Waals surface area contributed by atoms with Gasteiger partial charge in [-0.1, -0.05) is 115 Å². The third kappa shape index (κ3) is 7.35. The summed E-state index contributed by atoms with van der Waals surface area (Å²) < 4.78 is 44.4. The molecule has 0 aliphatic heterocycles. The molecule has 0 aliphatic rings. The number of fused-ring (bicyclic) bond motifs is 3. The standard InChI is InChI=1S/C54H31F3N6/c55-54(56,57)44-19-9-18-40(28-44)43-20-23-45(53-61-51(36-12-3-1-4-13-36)60-52(62-53)37-14-5-2-6-15-37)50(31-43)63-48-24-21-41(38-16-7-10-34(26-38)32-58)29-46(48)47-30-42(22-25-49(47)63)39-17-8-11-35(27-39)33-59/h1-31H. The maximum atomic E-state index is 14.1. The summed E-state index contributed by atoms with van der Waals surface area (Å²) in [5, 5.41) is 21.2. The van der Waals surface area contributed by atoms with Gasteiger partial charge in [0.25, 0.3) is 0 Å². The molecule has 298 valence electrons. The van der Waals surface area contributed by atoms with Gasteiger partial charge in [-0.05, 0) is 106 Å². The predicted octanol–water partition coefficient (Wildman–Crippen LogP) is 13.7. The third-order valence-corrected chi connectivity index (χ3v) is 11.1. The van der Waals surface area contributed by atoms with Crippen LogP contribution in [0.5, 0.6) is 0 Å². The van der Waals surface area contributed by atoms with Crippen molar-refractivity contribution in [1.29, 1.82) is 10.5 Å². The highest BCUT2D eigenvalue weighted by molar-refractivity contribution is 6.12. The van der Waals surface area contributed by atoms with Crippen LogP contribution in [0.15, 0.2) is 188 Å². The van der Waals surface area contributed by atoms with E-state index >= 15 is 0 Å². The van der Waals surface area contributed by atoms with Crippen molar-refractivity contribution in [2.75, 3.05) is 0 Å². The molecule has 2 aromatic heterocycles.